The second-order valence-electron chi connectivity index (χ2n) is 8.15. The van der Waals surface area contributed by atoms with Gasteiger partial charge in [-0.05, 0) is 29.7 Å². The fraction of sp³-hybridized carbons (Fsp3) is 0.250. The van der Waals surface area contributed by atoms with E-state index in [-0.39, 0.29) is 6.10 Å². The molecule has 0 saturated heterocycles. The van der Waals surface area contributed by atoms with Crippen molar-refractivity contribution in [3.05, 3.63) is 95.8 Å². The summed E-state index contributed by atoms with van der Waals surface area (Å²) < 4.78 is 6.02. The third-order valence-corrected chi connectivity index (χ3v) is 5.53. The molecule has 0 amide bonds. The number of nitrogens with zero attached hydrogens (tertiary/aromatic N) is 3. The standard InChI is InChI=1S/C22H26N6O.C6H6/c1-15(17-5-3-16(8-23)4-6-17)10-26-13-20-14-27-21-7-18(12-28-22(21)29-20)19(9-24)11-25-2;1-2-4-6-5-3-1/h3-7,9,11-12,15,20,26-27H,10,13-14,24H2,1-2H3;1-6H/b19-9+,25-11?;. The van der Waals surface area contributed by atoms with Crippen molar-refractivity contribution in [1.82, 2.24) is 10.3 Å². The van der Waals surface area contributed by atoms with Gasteiger partial charge in [-0.2, -0.15) is 5.26 Å². The number of aliphatic imine (C=N–C) groups is 1. The van der Waals surface area contributed by atoms with Crippen molar-refractivity contribution in [3.8, 4) is 11.9 Å². The van der Waals surface area contributed by atoms with Crippen LogP contribution < -0.4 is 21.1 Å². The summed E-state index contributed by atoms with van der Waals surface area (Å²) in [4.78, 5) is 8.44. The second-order valence-corrected chi connectivity index (χ2v) is 8.15. The predicted molar refractivity (Wildman–Crippen MR) is 143 cm³/mol. The summed E-state index contributed by atoms with van der Waals surface area (Å²) in [5.74, 6) is 0.936. The van der Waals surface area contributed by atoms with Crippen LogP contribution in [0, 0.1) is 11.3 Å². The van der Waals surface area contributed by atoms with Crippen molar-refractivity contribution in [2.75, 3.05) is 32.0 Å². The van der Waals surface area contributed by atoms with Crippen LogP contribution in [-0.4, -0.2) is 44.0 Å². The number of pyridine rings is 1. The van der Waals surface area contributed by atoms with Gasteiger partial charge >= 0.3 is 0 Å². The first-order valence-corrected chi connectivity index (χ1v) is 11.6. The molecule has 1 aromatic heterocycles. The zero-order valence-electron chi connectivity index (χ0n) is 20.2. The Labute approximate surface area is 207 Å². The quantitative estimate of drug-likeness (QED) is 0.448. The van der Waals surface area contributed by atoms with Crippen LogP contribution in [0.3, 0.4) is 0 Å². The van der Waals surface area contributed by atoms with Gasteiger partial charge in [0.2, 0.25) is 5.88 Å². The molecule has 2 unspecified atom stereocenters. The summed E-state index contributed by atoms with van der Waals surface area (Å²) >= 11 is 0. The van der Waals surface area contributed by atoms with Crippen LogP contribution in [0.2, 0.25) is 0 Å². The number of allylic oxidation sites excluding steroid dienone is 1. The minimum absolute atomic E-state index is 0.00394. The normalized spacial score (nSPS) is 15.6. The lowest BCUT2D eigenvalue weighted by molar-refractivity contribution is 0.193. The molecule has 2 atom stereocenters. The number of hydrogen-bond acceptors (Lipinski definition) is 7. The summed E-state index contributed by atoms with van der Waals surface area (Å²) in [6.07, 6.45) is 4.95. The molecule has 7 nitrogen and oxygen atoms in total. The Morgan fingerprint density at radius 1 is 1.26 bits per heavy atom. The largest absolute Gasteiger partial charge is 0.470 e. The second kappa shape index (κ2) is 13.5. The lowest BCUT2D eigenvalue weighted by Gasteiger charge is -2.27. The molecule has 0 bridgehead atoms. The van der Waals surface area contributed by atoms with Gasteiger partial charge in [-0.3, -0.25) is 4.99 Å². The van der Waals surface area contributed by atoms with E-state index in [9.17, 15) is 0 Å². The maximum atomic E-state index is 8.90. The molecule has 0 aliphatic carbocycles. The van der Waals surface area contributed by atoms with Crippen LogP contribution in [0.25, 0.3) is 5.57 Å². The van der Waals surface area contributed by atoms with Gasteiger partial charge in [0, 0.05) is 49.9 Å². The highest BCUT2D eigenvalue weighted by atomic mass is 16.5. The third-order valence-electron chi connectivity index (χ3n) is 5.53. The summed E-state index contributed by atoms with van der Waals surface area (Å²) in [6, 6.07) is 23.8. The number of benzene rings is 2. The summed E-state index contributed by atoms with van der Waals surface area (Å²) in [5, 5.41) is 15.8. The highest BCUT2D eigenvalue weighted by Gasteiger charge is 2.21. The number of rotatable bonds is 7. The fourth-order valence-corrected chi connectivity index (χ4v) is 3.57. The highest BCUT2D eigenvalue weighted by Crippen LogP contribution is 2.29. The van der Waals surface area contributed by atoms with E-state index in [1.54, 1.807) is 19.5 Å². The van der Waals surface area contributed by atoms with E-state index in [0.29, 0.717) is 30.5 Å². The van der Waals surface area contributed by atoms with Crippen molar-refractivity contribution in [3.63, 3.8) is 0 Å². The van der Waals surface area contributed by atoms with E-state index < -0.39 is 0 Å². The Bertz CT molecular complexity index is 1130. The van der Waals surface area contributed by atoms with Gasteiger partial charge in [0.25, 0.3) is 0 Å². The molecule has 0 radical (unpaired) electrons. The molecule has 1 aliphatic heterocycles. The lowest BCUT2D eigenvalue weighted by Crippen LogP contribution is -2.40. The topological polar surface area (TPSA) is 108 Å². The molecule has 0 fully saturated rings. The van der Waals surface area contributed by atoms with E-state index in [4.69, 9.17) is 15.7 Å². The monoisotopic (exact) mass is 468 g/mol. The number of aromatic nitrogens is 1. The van der Waals surface area contributed by atoms with Gasteiger partial charge in [-0.15, -0.1) is 0 Å². The molecule has 4 rings (SSSR count). The Morgan fingerprint density at radius 3 is 2.54 bits per heavy atom. The van der Waals surface area contributed by atoms with Gasteiger partial charge in [0.15, 0.2) is 0 Å². The first-order chi connectivity index (χ1) is 17.1. The van der Waals surface area contributed by atoms with Crippen LogP contribution in [-0.2, 0) is 0 Å². The van der Waals surface area contributed by atoms with Gasteiger partial charge in [0.05, 0.1) is 23.9 Å². The molecule has 7 heteroatoms. The van der Waals surface area contributed by atoms with Gasteiger partial charge < -0.3 is 21.1 Å². The molecule has 2 aromatic carbocycles. The summed E-state index contributed by atoms with van der Waals surface area (Å²) in [6.45, 7) is 4.40. The van der Waals surface area contributed by atoms with E-state index in [1.807, 2.05) is 66.7 Å². The molecule has 0 spiro atoms. The average molecular weight is 469 g/mol. The van der Waals surface area contributed by atoms with Gasteiger partial charge in [0.1, 0.15) is 6.10 Å². The number of anilines is 1. The molecule has 2 heterocycles. The fourth-order valence-electron chi connectivity index (χ4n) is 3.57. The smallest absolute Gasteiger partial charge is 0.237 e. The molecule has 0 saturated carbocycles. The first-order valence-electron chi connectivity index (χ1n) is 11.6. The maximum Gasteiger partial charge on any atom is 0.237 e. The Hall–Kier alpha value is -4.15. The number of nitriles is 1. The van der Waals surface area contributed by atoms with E-state index in [1.165, 1.54) is 11.8 Å². The lowest BCUT2D eigenvalue weighted by atomic mass is 10.00. The maximum absolute atomic E-state index is 8.90. The third kappa shape index (κ3) is 7.70. The zero-order chi connectivity index (χ0) is 24.9. The number of hydrogen-bond donors (Lipinski definition) is 3. The van der Waals surface area contributed by atoms with E-state index in [0.717, 1.165) is 23.4 Å². The number of nitrogens with one attached hydrogen (secondary N) is 2. The number of ether oxygens (including phenoxy) is 1. The van der Waals surface area contributed by atoms with Crippen molar-refractivity contribution in [2.24, 2.45) is 10.7 Å². The molecular weight excluding hydrogens is 436 g/mol. The van der Waals surface area contributed by atoms with Crippen LogP contribution >= 0.6 is 0 Å². The highest BCUT2D eigenvalue weighted by molar-refractivity contribution is 6.09. The van der Waals surface area contributed by atoms with Gasteiger partial charge in [-0.1, -0.05) is 55.5 Å². The summed E-state index contributed by atoms with van der Waals surface area (Å²) in [7, 11) is 1.70. The number of fused-ring (bicyclic) bond motifs is 1. The molecule has 4 N–H and O–H groups in total. The van der Waals surface area contributed by atoms with Crippen molar-refractivity contribution in [1.29, 1.82) is 5.26 Å². The van der Waals surface area contributed by atoms with E-state index >= 15 is 0 Å². The number of nitrogens with two attached hydrogens (primary N) is 1. The van der Waals surface area contributed by atoms with Crippen molar-refractivity contribution < 1.29 is 4.74 Å². The molecular formula is C28H32N6O. The molecule has 35 heavy (non-hydrogen) atoms. The zero-order valence-corrected chi connectivity index (χ0v) is 20.2. The van der Waals surface area contributed by atoms with Crippen LogP contribution in [0.1, 0.15) is 29.5 Å². The minimum Gasteiger partial charge on any atom is -0.470 e. The van der Waals surface area contributed by atoms with E-state index in [2.05, 4.69) is 33.6 Å². The SMILES string of the molecule is CN=C/C(=C\N)c1cnc2c(c1)NCC(CNCC(C)c1ccc(C#N)cc1)O2.c1ccccc1. The first kappa shape index (κ1) is 25.5. The Morgan fingerprint density at radius 2 is 1.94 bits per heavy atom. The summed E-state index contributed by atoms with van der Waals surface area (Å²) in [5.41, 5.74) is 10.1. The van der Waals surface area contributed by atoms with Crippen molar-refractivity contribution >= 4 is 17.5 Å². The van der Waals surface area contributed by atoms with Crippen LogP contribution in [0.5, 0.6) is 5.88 Å². The molecule has 3 aromatic rings. The predicted octanol–water partition coefficient (Wildman–Crippen LogP) is 4.21. The average Bonchev–Trinajstić information content (AvgIpc) is 2.92. The van der Waals surface area contributed by atoms with Crippen LogP contribution in [0.4, 0.5) is 5.69 Å². The van der Waals surface area contributed by atoms with Crippen molar-refractivity contribution in [2.45, 2.75) is 18.9 Å². The molecule has 1 aliphatic rings. The molecule has 180 valence electrons. The van der Waals surface area contributed by atoms with Gasteiger partial charge in [-0.25, -0.2) is 4.98 Å². The minimum atomic E-state index is -0.00394. The van der Waals surface area contributed by atoms with Crippen LogP contribution in [0.15, 0.2) is 84.1 Å². The Kier molecular flexibility index (Phi) is 9.85. The Balaban J connectivity index is 0.000000497.